The molecule has 0 radical (unpaired) electrons. The predicted octanol–water partition coefficient (Wildman–Crippen LogP) is 11.8. The number of rotatable bonds is 4. The van der Waals surface area contributed by atoms with Crippen molar-refractivity contribution in [2.45, 2.75) is 12.8 Å². The molecule has 0 unspecified atom stereocenters. The van der Waals surface area contributed by atoms with Crippen LogP contribution in [0.4, 0.5) is 0 Å². The van der Waals surface area contributed by atoms with Gasteiger partial charge in [0.05, 0.1) is 23.3 Å². The summed E-state index contributed by atoms with van der Waals surface area (Å²) >= 11 is 19.3. The average molecular weight is 1390 g/mol. The van der Waals surface area contributed by atoms with Gasteiger partial charge in [-0.15, -0.1) is 0 Å². The third kappa shape index (κ3) is 6.60. The van der Waals surface area contributed by atoms with Crippen LogP contribution in [0.2, 0.25) is 0 Å². The zero-order valence-corrected chi connectivity index (χ0v) is 36.4. The van der Waals surface area contributed by atoms with E-state index in [0.29, 0.717) is 11.1 Å². The Morgan fingerprint density at radius 3 is 1.13 bits per heavy atom. The summed E-state index contributed by atoms with van der Waals surface area (Å²) in [4.78, 5) is 0. The van der Waals surface area contributed by atoms with Gasteiger partial charge in [-0.25, -0.2) is 0 Å². The molecule has 0 saturated carbocycles. The molecule has 2 nitrogen and oxygen atoms in total. The molecule has 0 aromatic heterocycles. The maximum absolute atomic E-state index is 9.35. The van der Waals surface area contributed by atoms with Crippen LogP contribution in [0.3, 0.4) is 0 Å². The summed E-state index contributed by atoms with van der Waals surface area (Å²) in [5.41, 5.74) is 8.77. The van der Waals surface area contributed by atoms with Crippen molar-refractivity contribution in [1.82, 2.24) is 0 Å². The molecule has 0 aliphatic heterocycles. The van der Waals surface area contributed by atoms with Gasteiger partial charge in [0.2, 0.25) is 0 Å². The topological polar surface area (TPSA) is 47.6 Å². The van der Waals surface area contributed by atoms with Crippen molar-refractivity contribution in [2.75, 3.05) is 0 Å². The molecule has 10 heteroatoms. The zero-order chi connectivity index (χ0) is 27.9. The van der Waals surface area contributed by atoms with Crippen molar-refractivity contribution in [3.05, 3.63) is 99.3 Å². The quantitative estimate of drug-likeness (QED) is 0.191. The largest absolute Gasteiger partial charge is 0.192 e. The Kier molecular flexibility index (Phi) is 12.0. The number of halogens is 8. The SMILES string of the molecule is CC(c1ccc(-c2c(I)cc(C#N)cc2I)c(I)c1I)c1ccc(-c2c(I)cc(C#N)cc2I)c(I)c1I. The van der Waals surface area contributed by atoms with Gasteiger partial charge in [-0.3, -0.25) is 0 Å². The summed E-state index contributed by atoms with van der Waals surface area (Å²) in [6, 6.07) is 21.3. The highest BCUT2D eigenvalue weighted by molar-refractivity contribution is 14.1. The van der Waals surface area contributed by atoms with E-state index in [1.807, 2.05) is 24.3 Å². The van der Waals surface area contributed by atoms with Crippen molar-refractivity contribution in [2.24, 2.45) is 0 Å². The van der Waals surface area contributed by atoms with Crippen molar-refractivity contribution in [3.63, 3.8) is 0 Å². The molecule has 4 rings (SSSR count). The van der Waals surface area contributed by atoms with E-state index < -0.39 is 0 Å². The molecule has 0 bridgehead atoms. The van der Waals surface area contributed by atoms with Crippen LogP contribution in [0.1, 0.15) is 35.1 Å². The molecular formula is C28H12I8N2. The normalized spacial score (nSPS) is 10.9. The fraction of sp³-hybridized carbons (Fsp3) is 0.0714. The average Bonchev–Trinajstić information content (AvgIpc) is 2.87. The minimum absolute atomic E-state index is 0.220. The number of hydrogen-bond donors (Lipinski definition) is 0. The second kappa shape index (κ2) is 14.0. The maximum atomic E-state index is 9.35. The summed E-state index contributed by atoms with van der Waals surface area (Å²) in [6.45, 7) is 2.28. The van der Waals surface area contributed by atoms with Crippen LogP contribution >= 0.6 is 181 Å². The van der Waals surface area contributed by atoms with E-state index in [2.05, 4.69) is 224 Å². The monoisotopic (exact) mass is 1390 g/mol. The van der Waals surface area contributed by atoms with Gasteiger partial charge in [0.1, 0.15) is 0 Å². The lowest BCUT2D eigenvalue weighted by atomic mass is 9.90. The Balaban J connectivity index is 1.78. The molecule has 38 heavy (non-hydrogen) atoms. The van der Waals surface area contributed by atoms with E-state index in [9.17, 15) is 10.5 Å². The van der Waals surface area contributed by atoms with E-state index in [4.69, 9.17) is 0 Å². The molecule has 0 amide bonds. The van der Waals surface area contributed by atoms with E-state index in [-0.39, 0.29) is 5.92 Å². The molecule has 0 N–H and O–H groups in total. The fourth-order valence-electron chi connectivity index (χ4n) is 4.14. The van der Waals surface area contributed by atoms with Crippen molar-refractivity contribution in [3.8, 4) is 34.4 Å². The molecule has 0 saturated heterocycles. The first kappa shape index (κ1) is 32.6. The second-order valence-electron chi connectivity index (χ2n) is 8.24. The number of benzene rings is 4. The Bertz CT molecular complexity index is 1530. The summed E-state index contributed by atoms with van der Waals surface area (Å²) in [5, 5.41) is 18.7. The predicted molar refractivity (Wildman–Crippen MR) is 222 cm³/mol. The molecule has 4 aromatic rings. The Morgan fingerprint density at radius 1 is 0.526 bits per heavy atom. The van der Waals surface area contributed by atoms with Gasteiger partial charge in [0.15, 0.2) is 0 Å². The summed E-state index contributed by atoms with van der Waals surface area (Å²) in [5.74, 6) is 0.220. The number of nitriles is 2. The van der Waals surface area contributed by atoms with E-state index in [0.717, 1.165) is 14.3 Å². The van der Waals surface area contributed by atoms with Gasteiger partial charge in [0, 0.05) is 45.6 Å². The van der Waals surface area contributed by atoms with Gasteiger partial charge in [0.25, 0.3) is 0 Å². The van der Waals surface area contributed by atoms with Crippen LogP contribution in [0.15, 0.2) is 48.5 Å². The maximum Gasteiger partial charge on any atom is 0.0992 e. The molecule has 0 spiro atoms. The first-order chi connectivity index (χ1) is 18.0. The summed E-state index contributed by atoms with van der Waals surface area (Å²) < 4.78 is 9.34. The smallest absolute Gasteiger partial charge is 0.0992 e. The lowest BCUT2D eigenvalue weighted by Gasteiger charge is -2.21. The number of nitrogens with zero attached hydrogens (tertiary/aromatic N) is 2. The van der Waals surface area contributed by atoms with E-state index in [1.165, 1.54) is 47.7 Å². The molecule has 0 aliphatic carbocycles. The Morgan fingerprint density at radius 2 is 0.842 bits per heavy atom. The minimum atomic E-state index is 0.220. The van der Waals surface area contributed by atoms with Crippen LogP contribution in [0, 0.1) is 51.2 Å². The second-order valence-corrected chi connectivity index (χ2v) is 17.2. The fourth-order valence-corrected chi connectivity index (χ4v) is 12.2. The van der Waals surface area contributed by atoms with Crippen LogP contribution in [-0.2, 0) is 0 Å². The summed E-state index contributed by atoms with van der Waals surface area (Å²) in [7, 11) is 0. The van der Waals surface area contributed by atoms with Crippen LogP contribution < -0.4 is 0 Å². The summed E-state index contributed by atoms with van der Waals surface area (Å²) in [6.07, 6.45) is 0. The Labute approximate surface area is 331 Å². The lowest BCUT2D eigenvalue weighted by molar-refractivity contribution is 0.905. The van der Waals surface area contributed by atoms with Crippen LogP contribution in [-0.4, -0.2) is 0 Å². The molecule has 0 atom stereocenters. The van der Waals surface area contributed by atoms with Crippen molar-refractivity contribution >= 4 is 181 Å². The third-order valence-electron chi connectivity index (χ3n) is 6.04. The highest BCUT2D eigenvalue weighted by atomic mass is 127. The van der Waals surface area contributed by atoms with Gasteiger partial charge in [-0.05, 0) is 227 Å². The highest BCUT2D eigenvalue weighted by Gasteiger charge is 2.23. The van der Waals surface area contributed by atoms with Crippen LogP contribution in [0.25, 0.3) is 22.3 Å². The van der Waals surface area contributed by atoms with Gasteiger partial charge < -0.3 is 0 Å². The first-order valence-corrected chi connectivity index (χ1v) is 19.4. The van der Waals surface area contributed by atoms with Crippen molar-refractivity contribution in [1.29, 1.82) is 10.5 Å². The first-order valence-electron chi connectivity index (χ1n) is 10.7. The highest BCUT2D eigenvalue weighted by Crippen LogP contribution is 2.42. The van der Waals surface area contributed by atoms with Gasteiger partial charge >= 0.3 is 0 Å². The van der Waals surface area contributed by atoms with Crippen LogP contribution in [0.5, 0.6) is 0 Å². The molecule has 0 aliphatic rings. The Hall–Kier alpha value is 1.70. The number of hydrogen-bond acceptors (Lipinski definition) is 2. The van der Waals surface area contributed by atoms with E-state index >= 15 is 0 Å². The lowest BCUT2D eigenvalue weighted by Crippen LogP contribution is -2.06. The molecule has 0 heterocycles. The standard InChI is InChI=1S/C28H12I8N2/c1-12(15-2-4-17(27(35)25(15)33)23-19(29)6-13(10-37)7-20(23)30)16-3-5-18(28(36)26(16)34)24-21(31)8-14(11-38)9-22(24)32/h2-9,12H,1H3. The zero-order valence-electron chi connectivity index (χ0n) is 19.1. The third-order valence-corrected chi connectivity index (χ3v) is 16.1. The van der Waals surface area contributed by atoms with Gasteiger partial charge in [-0.1, -0.05) is 31.2 Å². The minimum Gasteiger partial charge on any atom is -0.192 e. The van der Waals surface area contributed by atoms with Crippen molar-refractivity contribution < 1.29 is 0 Å². The molecular weight excluding hydrogens is 1380 g/mol. The molecule has 190 valence electrons. The van der Waals surface area contributed by atoms with E-state index in [1.54, 1.807) is 0 Å². The molecule has 0 fully saturated rings. The van der Waals surface area contributed by atoms with Gasteiger partial charge in [-0.2, -0.15) is 10.5 Å². The molecule has 4 aromatic carbocycles.